The van der Waals surface area contributed by atoms with Crippen LogP contribution in [0.2, 0.25) is 0 Å². The van der Waals surface area contributed by atoms with Gasteiger partial charge in [0, 0.05) is 21.8 Å². The molecule has 4 rings (SSSR count). The van der Waals surface area contributed by atoms with E-state index in [-0.39, 0.29) is 16.9 Å². The summed E-state index contributed by atoms with van der Waals surface area (Å²) in [7, 11) is 0. The molecule has 8 heteroatoms. The van der Waals surface area contributed by atoms with Crippen molar-refractivity contribution in [3.8, 4) is 5.75 Å². The Morgan fingerprint density at radius 1 is 0.818 bits per heavy atom. The van der Waals surface area contributed by atoms with Crippen LogP contribution in [0.4, 0.5) is 11.4 Å². The van der Waals surface area contributed by atoms with Crippen molar-refractivity contribution in [3.63, 3.8) is 0 Å². The quantitative estimate of drug-likeness (QED) is 0.114. The van der Waals surface area contributed by atoms with E-state index in [4.69, 9.17) is 4.74 Å². The van der Waals surface area contributed by atoms with Crippen LogP contribution in [0, 0.1) is 13.8 Å². The molecule has 0 saturated carbocycles. The second-order valence-electron chi connectivity index (χ2n) is 10.1. The number of nitrogens with one attached hydrogen (secondary N) is 3. The van der Waals surface area contributed by atoms with E-state index >= 15 is 0 Å². The lowest BCUT2D eigenvalue weighted by molar-refractivity contribution is -0.116. The summed E-state index contributed by atoms with van der Waals surface area (Å²) in [6.45, 7) is 8.38. The highest BCUT2D eigenvalue weighted by molar-refractivity contribution is 8.00. The molecule has 0 spiro atoms. The van der Waals surface area contributed by atoms with Gasteiger partial charge in [0.05, 0.1) is 11.9 Å². The molecular weight excluding hydrogens is 570 g/mol. The van der Waals surface area contributed by atoms with E-state index in [9.17, 15) is 14.4 Å². The Kier molecular flexibility index (Phi) is 11.4. The average Bonchev–Trinajstić information content (AvgIpc) is 3.03. The number of carbonyl (C=O) groups is 3. The van der Waals surface area contributed by atoms with Crippen LogP contribution >= 0.6 is 11.8 Å². The first-order valence-corrected chi connectivity index (χ1v) is 15.4. The summed E-state index contributed by atoms with van der Waals surface area (Å²) < 4.78 is 5.52. The second-order valence-corrected chi connectivity index (χ2v) is 11.4. The summed E-state index contributed by atoms with van der Waals surface area (Å²) in [6, 6.07) is 29.2. The van der Waals surface area contributed by atoms with Gasteiger partial charge in [0.25, 0.3) is 11.8 Å². The zero-order valence-electron chi connectivity index (χ0n) is 25.3. The van der Waals surface area contributed by atoms with Gasteiger partial charge in [-0.05, 0) is 92.4 Å². The van der Waals surface area contributed by atoms with Gasteiger partial charge >= 0.3 is 0 Å². The van der Waals surface area contributed by atoms with Gasteiger partial charge in [0.2, 0.25) is 5.91 Å². The second kappa shape index (κ2) is 15.6. The molecule has 0 saturated heterocycles. The highest BCUT2D eigenvalue weighted by Gasteiger charge is 2.20. The molecule has 1 unspecified atom stereocenters. The maximum Gasteiger partial charge on any atom is 0.272 e. The highest BCUT2D eigenvalue weighted by Crippen LogP contribution is 2.30. The first-order valence-electron chi connectivity index (χ1n) is 14.5. The third-order valence-electron chi connectivity index (χ3n) is 6.79. The van der Waals surface area contributed by atoms with Gasteiger partial charge in [-0.3, -0.25) is 14.4 Å². The molecule has 0 radical (unpaired) electrons. The summed E-state index contributed by atoms with van der Waals surface area (Å²) in [4.78, 5) is 40.6. The summed E-state index contributed by atoms with van der Waals surface area (Å²) >= 11 is 1.43. The van der Waals surface area contributed by atoms with E-state index < -0.39 is 11.8 Å². The molecule has 1 atom stereocenters. The molecule has 0 aliphatic rings. The van der Waals surface area contributed by atoms with Crippen LogP contribution in [0.1, 0.15) is 47.3 Å². The minimum Gasteiger partial charge on any atom is -0.494 e. The van der Waals surface area contributed by atoms with Gasteiger partial charge in [-0.1, -0.05) is 61.5 Å². The van der Waals surface area contributed by atoms with Gasteiger partial charge in [0.1, 0.15) is 11.4 Å². The van der Waals surface area contributed by atoms with E-state index in [1.165, 1.54) is 11.8 Å². The third-order valence-corrected chi connectivity index (χ3v) is 8.15. The van der Waals surface area contributed by atoms with Crippen molar-refractivity contribution >= 4 is 46.9 Å². The van der Waals surface area contributed by atoms with Gasteiger partial charge < -0.3 is 20.7 Å². The molecule has 0 bridgehead atoms. The minimum absolute atomic E-state index is 0.0754. The maximum atomic E-state index is 13.5. The van der Waals surface area contributed by atoms with Crippen molar-refractivity contribution in [2.24, 2.45) is 0 Å². The number of benzene rings is 4. The Morgan fingerprint density at radius 2 is 1.50 bits per heavy atom. The van der Waals surface area contributed by atoms with Gasteiger partial charge in [-0.2, -0.15) is 0 Å². The number of para-hydroxylation sites is 1. The topological polar surface area (TPSA) is 96.5 Å². The van der Waals surface area contributed by atoms with Crippen LogP contribution in [0.25, 0.3) is 6.08 Å². The number of amides is 3. The zero-order chi connectivity index (χ0) is 31.5. The molecule has 3 amide bonds. The molecule has 0 aliphatic heterocycles. The Morgan fingerprint density at radius 3 is 2.16 bits per heavy atom. The monoisotopic (exact) mass is 607 g/mol. The SMILES string of the molecule is CCOc1ccc(/C=C(/NC(=O)c2ccccc2)C(=O)Nc2cccc(SC(CC)C(=O)Nc3c(C)cccc3C)c2)cc1. The largest absolute Gasteiger partial charge is 0.494 e. The standard InChI is InChI=1S/C36H37N3O4S/c1-5-32(36(42)39-33-24(3)12-10-13-25(33)4)44-30-17-11-16-28(23-30)37-35(41)31(38-34(40)27-14-8-7-9-15-27)22-26-18-20-29(21-19-26)43-6-2/h7-23,32H,5-6H2,1-4H3,(H,37,41)(H,38,40)(H,39,42)/b31-22+. The van der Waals surface area contributed by atoms with Crippen molar-refractivity contribution in [1.82, 2.24) is 5.32 Å². The maximum absolute atomic E-state index is 13.5. The molecule has 0 heterocycles. The zero-order valence-corrected chi connectivity index (χ0v) is 26.2. The number of hydrogen-bond donors (Lipinski definition) is 3. The summed E-state index contributed by atoms with van der Waals surface area (Å²) in [6.07, 6.45) is 2.24. The smallest absolute Gasteiger partial charge is 0.272 e. The summed E-state index contributed by atoms with van der Waals surface area (Å²) in [5, 5.41) is 8.43. The first-order chi connectivity index (χ1) is 21.3. The number of hydrogen-bond acceptors (Lipinski definition) is 5. The van der Waals surface area contributed by atoms with Crippen molar-refractivity contribution in [2.45, 2.75) is 44.3 Å². The molecule has 3 N–H and O–H groups in total. The molecule has 0 fully saturated rings. The Balaban J connectivity index is 1.51. The number of aryl methyl sites for hydroxylation is 2. The van der Waals surface area contributed by atoms with Crippen LogP contribution in [0.15, 0.2) is 108 Å². The molecule has 4 aromatic rings. The van der Waals surface area contributed by atoms with E-state index in [1.54, 1.807) is 36.4 Å². The summed E-state index contributed by atoms with van der Waals surface area (Å²) in [5.41, 5.74) is 4.63. The van der Waals surface area contributed by atoms with E-state index in [0.717, 1.165) is 27.3 Å². The predicted molar refractivity (Wildman–Crippen MR) is 179 cm³/mol. The number of anilines is 2. The van der Waals surface area contributed by atoms with Gasteiger partial charge in [-0.15, -0.1) is 11.8 Å². The molecule has 0 aromatic heterocycles. The average molecular weight is 608 g/mol. The molecule has 4 aromatic carbocycles. The number of rotatable bonds is 12. The Labute approximate surface area is 263 Å². The van der Waals surface area contributed by atoms with Gasteiger partial charge in [0.15, 0.2) is 0 Å². The predicted octanol–water partition coefficient (Wildman–Crippen LogP) is 7.62. The minimum atomic E-state index is -0.481. The van der Waals surface area contributed by atoms with E-state index in [2.05, 4.69) is 16.0 Å². The van der Waals surface area contributed by atoms with Crippen molar-refractivity contribution in [1.29, 1.82) is 0 Å². The lowest BCUT2D eigenvalue weighted by Crippen LogP contribution is -2.30. The van der Waals surface area contributed by atoms with Crippen molar-refractivity contribution in [2.75, 3.05) is 17.2 Å². The molecule has 226 valence electrons. The third kappa shape index (κ3) is 8.84. The fourth-order valence-corrected chi connectivity index (χ4v) is 5.50. The fraction of sp³-hybridized carbons (Fsp3) is 0.194. The Hall–Kier alpha value is -4.82. The Bertz CT molecular complexity index is 1610. The van der Waals surface area contributed by atoms with Crippen molar-refractivity contribution < 1.29 is 19.1 Å². The molecular formula is C36H37N3O4S. The lowest BCUT2D eigenvalue weighted by atomic mass is 10.1. The van der Waals surface area contributed by atoms with Crippen LogP contribution < -0.4 is 20.7 Å². The lowest BCUT2D eigenvalue weighted by Gasteiger charge is -2.18. The molecule has 0 aliphatic carbocycles. The number of carbonyl (C=O) groups excluding carboxylic acids is 3. The van der Waals surface area contributed by atoms with Gasteiger partial charge in [-0.25, -0.2) is 0 Å². The first kappa shape index (κ1) is 32.1. The van der Waals surface area contributed by atoms with Crippen LogP contribution in [-0.2, 0) is 9.59 Å². The number of thioether (sulfide) groups is 1. The molecule has 44 heavy (non-hydrogen) atoms. The number of ether oxygens (including phenoxy) is 1. The molecule has 7 nitrogen and oxygen atoms in total. The summed E-state index contributed by atoms with van der Waals surface area (Å²) in [5.74, 6) is -0.243. The van der Waals surface area contributed by atoms with Crippen molar-refractivity contribution in [3.05, 3.63) is 125 Å². The van der Waals surface area contributed by atoms with Crippen LogP contribution in [-0.4, -0.2) is 29.6 Å². The van der Waals surface area contributed by atoms with E-state index in [0.29, 0.717) is 30.0 Å². The highest BCUT2D eigenvalue weighted by atomic mass is 32.2. The van der Waals surface area contributed by atoms with E-state index in [1.807, 2.05) is 94.4 Å². The van der Waals surface area contributed by atoms with Crippen LogP contribution in [0.3, 0.4) is 0 Å². The fourth-order valence-electron chi connectivity index (χ4n) is 4.48. The van der Waals surface area contributed by atoms with Crippen LogP contribution in [0.5, 0.6) is 5.75 Å². The normalized spacial score (nSPS) is 11.8.